The number of nitrogens with one attached hydrogen (secondary N) is 1. The van der Waals surface area contributed by atoms with E-state index >= 15 is 0 Å². The number of carboxylic acid groups (broad SMARTS) is 1. The first kappa shape index (κ1) is 20.8. The molecular formula is C18H27N5O4. The molecular weight excluding hydrogens is 350 g/mol. The number of carbonyl (C=O) groups is 2. The average Bonchev–Trinajstić information content (AvgIpc) is 3.00. The van der Waals surface area contributed by atoms with Crippen LogP contribution in [0.25, 0.3) is 5.78 Å². The Morgan fingerprint density at radius 3 is 2.67 bits per heavy atom. The van der Waals surface area contributed by atoms with Crippen molar-refractivity contribution in [1.29, 1.82) is 0 Å². The Morgan fingerprint density at radius 1 is 1.33 bits per heavy atom. The molecule has 9 heteroatoms. The molecule has 2 heterocycles. The highest BCUT2D eigenvalue weighted by molar-refractivity contribution is 5.83. The molecule has 2 rings (SSSR count). The van der Waals surface area contributed by atoms with Crippen LogP contribution >= 0.6 is 0 Å². The summed E-state index contributed by atoms with van der Waals surface area (Å²) in [5, 5.41) is 16.0. The standard InChI is InChI=1S/C18H27N5O4/c1-11-13(12(2)23-17(21-11)19-10-20-23)6-7-15(24)22-14(16(25)26)8-9-27-18(3,4)5/h10,14H,6-9H2,1-5H3,(H,22,24)(H,25,26). The number of carbonyl (C=O) groups excluding carboxylic acids is 1. The summed E-state index contributed by atoms with van der Waals surface area (Å²) in [5.41, 5.74) is 2.21. The zero-order valence-electron chi connectivity index (χ0n) is 16.4. The van der Waals surface area contributed by atoms with Crippen molar-refractivity contribution < 1.29 is 19.4 Å². The molecule has 0 aliphatic rings. The first-order valence-corrected chi connectivity index (χ1v) is 8.90. The Labute approximate surface area is 158 Å². The lowest BCUT2D eigenvalue weighted by Crippen LogP contribution is -2.42. The number of hydrogen-bond donors (Lipinski definition) is 2. The van der Waals surface area contributed by atoms with Crippen molar-refractivity contribution >= 4 is 17.7 Å². The van der Waals surface area contributed by atoms with Gasteiger partial charge >= 0.3 is 5.97 Å². The smallest absolute Gasteiger partial charge is 0.326 e. The number of aryl methyl sites for hydroxylation is 2. The topological polar surface area (TPSA) is 119 Å². The SMILES string of the molecule is Cc1nc2ncnn2c(C)c1CCC(=O)NC(CCOC(C)(C)C)C(=O)O. The van der Waals surface area contributed by atoms with Crippen LogP contribution < -0.4 is 5.32 Å². The van der Waals surface area contributed by atoms with Gasteiger partial charge in [0.05, 0.1) is 5.60 Å². The first-order chi connectivity index (χ1) is 12.6. The predicted octanol–water partition coefficient (Wildman–Crippen LogP) is 1.45. The van der Waals surface area contributed by atoms with Crippen LogP contribution in [0.5, 0.6) is 0 Å². The number of amides is 1. The predicted molar refractivity (Wildman–Crippen MR) is 98.5 cm³/mol. The summed E-state index contributed by atoms with van der Waals surface area (Å²) < 4.78 is 7.18. The van der Waals surface area contributed by atoms with Crippen molar-refractivity contribution in [3.8, 4) is 0 Å². The van der Waals surface area contributed by atoms with Crippen molar-refractivity contribution in [2.24, 2.45) is 0 Å². The Hall–Kier alpha value is -2.55. The molecule has 2 aromatic rings. The second-order valence-corrected chi connectivity index (χ2v) is 7.44. The molecule has 9 nitrogen and oxygen atoms in total. The fourth-order valence-corrected chi connectivity index (χ4v) is 2.76. The average molecular weight is 377 g/mol. The van der Waals surface area contributed by atoms with Crippen LogP contribution in [0.2, 0.25) is 0 Å². The second kappa shape index (κ2) is 8.43. The van der Waals surface area contributed by atoms with Gasteiger partial charge in [0.15, 0.2) is 0 Å². The summed E-state index contributed by atoms with van der Waals surface area (Å²) in [6.45, 7) is 9.70. The molecule has 0 aliphatic heterocycles. The van der Waals surface area contributed by atoms with Crippen LogP contribution in [0.15, 0.2) is 6.33 Å². The van der Waals surface area contributed by atoms with E-state index in [1.807, 2.05) is 34.6 Å². The zero-order chi connectivity index (χ0) is 20.2. The number of hydrogen-bond acceptors (Lipinski definition) is 6. The van der Waals surface area contributed by atoms with Gasteiger partial charge in [0.25, 0.3) is 5.78 Å². The molecule has 1 amide bonds. The van der Waals surface area contributed by atoms with Gasteiger partial charge in [0.1, 0.15) is 12.4 Å². The third kappa shape index (κ3) is 5.72. The fourth-order valence-electron chi connectivity index (χ4n) is 2.76. The second-order valence-electron chi connectivity index (χ2n) is 7.44. The maximum atomic E-state index is 12.3. The Balaban J connectivity index is 1.95. The monoisotopic (exact) mass is 377 g/mol. The molecule has 0 aromatic carbocycles. The van der Waals surface area contributed by atoms with E-state index in [9.17, 15) is 14.7 Å². The van der Waals surface area contributed by atoms with Gasteiger partial charge in [-0.05, 0) is 46.6 Å². The van der Waals surface area contributed by atoms with E-state index in [0.717, 1.165) is 17.0 Å². The van der Waals surface area contributed by atoms with E-state index < -0.39 is 12.0 Å². The van der Waals surface area contributed by atoms with Gasteiger partial charge in [-0.15, -0.1) is 0 Å². The van der Waals surface area contributed by atoms with E-state index in [1.165, 1.54) is 6.33 Å². The molecule has 0 radical (unpaired) electrons. The minimum Gasteiger partial charge on any atom is -0.480 e. The van der Waals surface area contributed by atoms with Crippen LogP contribution in [0.1, 0.15) is 50.6 Å². The Morgan fingerprint density at radius 2 is 2.04 bits per heavy atom. The summed E-state index contributed by atoms with van der Waals surface area (Å²) in [6, 6.07) is -0.974. The molecule has 0 aliphatic carbocycles. The lowest BCUT2D eigenvalue weighted by Gasteiger charge is -2.21. The van der Waals surface area contributed by atoms with Crippen LogP contribution in [0.4, 0.5) is 0 Å². The first-order valence-electron chi connectivity index (χ1n) is 8.90. The number of ether oxygens (including phenoxy) is 1. The van der Waals surface area contributed by atoms with Gasteiger partial charge in [-0.3, -0.25) is 4.79 Å². The lowest BCUT2D eigenvalue weighted by atomic mass is 10.1. The summed E-state index contributed by atoms with van der Waals surface area (Å²) in [6.07, 6.45) is 2.25. The third-order valence-corrected chi connectivity index (χ3v) is 4.17. The minimum atomic E-state index is -1.07. The highest BCUT2D eigenvalue weighted by Crippen LogP contribution is 2.15. The number of carboxylic acids is 1. The van der Waals surface area contributed by atoms with Gasteiger partial charge in [0.2, 0.25) is 5.91 Å². The van der Waals surface area contributed by atoms with E-state index in [1.54, 1.807) is 4.52 Å². The number of aliphatic carboxylic acids is 1. The molecule has 0 saturated heterocycles. The zero-order valence-corrected chi connectivity index (χ0v) is 16.4. The maximum Gasteiger partial charge on any atom is 0.326 e. The van der Waals surface area contributed by atoms with Crippen LogP contribution in [0.3, 0.4) is 0 Å². The quantitative estimate of drug-likeness (QED) is 0.714. The van der Waals surface area contributed by atoms with E-state index in [-0.39, 0.29) is 31.0 Å². The highest BCUT2D eigenvalue weighted by Gasteiger charge is 2.21. The van der Waals surface area contributed by atoms with E-state index in [2.05, 4.69) is 20.4 Å². The third-order valence-electron chi connectivity index (χ3n) is 4.17. The lowest BCUT2D eigenvalue weighted by molar-refractivity contribution is -0.142. The van der Waals surface area contributed by atoms with E-state index in [0.29, 0.717) is 12.2 Å². The van der Waals surface area contributed by atoms with Crippen LogP contribution in [-0.4, -0.2) is 54.8 Å². The number of aromatic nitrogens is 4. The molecule has 0 bridgehead atoms. The molecule has 0 saturated carbocycles. The van der Waals surface area contributed by atoms with Gasteiger partial charge < -0.3 is 15.2 Å². The summed E-state index contributed by atoms with van der Waals surface area (Å²) in [5.74, 6) is -0.877. The molecule has 2 aromatic heterocycles. The van der Waals surface area contributed by atoms with E-state index in [4.69, 9.17) is 4.74 Å². The fraction of sp³-hybridized carbons (Fsp3) is 0.611. The van der Waals surface area contributed by atoms with Crippen molar-refractivity contribution in [2.75, 3.05) is 6.61 Å². The number of fused-ring (bicyclic) bond motifs is 1. The Bertz CT molecular complexity index is 825. The van der Waals surface area contributed by atoms with Gasteiger partial charge in [-0.2, -0.15) is 10.1 Å². The Kier molecular flexibility index (Phi) is 6.48. The van der Waals surface area contributed by atoms with Gasteiger partial charge in [-0.1, -0.05) is 0 Å². The van der Waals surface area contributed by atoms with Crippen molar-refractivity contribution in [1.82, 2.24) is 24.9 Å². The summed E-state index contributed by atoms with van der Waals surface area (Å²) >= 11 is 0. The van der Waals surface area contributed by atoms with Crippen molar-refractivity contribution in [2.45, 2.75) is 65.5 Å². The molecule has 0 fully saturated rings. The molecule has 0 spiro atoms. The van der Waals surface area contributed by atoms with Crippen LogP contribution in [0, 0.1) is 13.8 Å². The molecule has 1 unspecified atom stereocenters. The van der Waals surface area contributed by atoms with Crippen molar-refractivity contribution in [3.05, 3.63) is 23.3 Å². The molecule has 1 atom stereocenters. The highest BCUT2D eigenvalue weighted by atomic mass is 16.5. The number of rotatable bonds is 8. The van der Waals surface area contributed by atoms with Gasteiger partial charge in [-0.25, -0.2) is 14.3 Å². The van der Waals surface area contributed by atoms with Crippen molar-refractivity contribution in [3.63, 3.8) is 0 Å². The summed E-state index contributed by atoms with van der Waals surface area (Å²) in [4.78, 5) is 32.1. The molecule has 2 N–H and O–H groups in total. The molecule has 148 valence electrons. The largest absolute Gasteiger partial charge is 0.480 e. The number of nitrogens with zero attached hydrogens (tertiary/aromatic N) is 4. The normalized spacial score (nSPS) is 12.9. The molecule has 27 heavy (non-hydrogen) atoms. The maximum absolute atomic E-state index is 12.3. The van der Waals surface area contributed by atoms with Crippen LogP contribution in [-0.2, 0) is 20.7 Å². The minimum absolute atomic E-state index is 0.160. The summed E-state index contributed by atoms with van der Waals surface area (Å²) in [7, 11) is 0. The van der Waals surface area contributed by atoms with Gasteiger partial charge in [0, 0.05) is 30.8 Å².